The lowest BCUT2D eigenvalue weighted by Crippen LogP contribution is -3.00. The van der Waals surface area contributed by atoms with Crippen molar-refractivity contribution in [3.63, 3.8) is 0 Å². The molecule has 2 rings (SSSR count). The van der Waals surface area contributed by atoms with Gasteiger partial charge in [-0.05, 0) is 18.2 Å². The van der Waals surface area contributed by atoms with Gasteiger partial charge in [0.2, 0.25) is 5.69 Å². The average Bonchev–Trinajstić information content (AvgIpc) is 2.30. The molecule has 0 aliphatic carbocycles. The Bertz CT molecular complexity index is 476. The number of halogens is 1. The van der Waals surface area contributed by atoms with Crippen LogP contribution >= 0.6 is 0 Å². The van der Waals surface area contributed by atoms with E-state index in [0.29, 0.717) is 5.75 Å². The van der Waals surface area contributed by atoms with Crippen LogP contribution in [0.5, 0.6) is 5.75 Å². The van der Waals surface area contributed by atoms with Crippen LogP contribution in [0, 0.1) is 0 Å². The molecule has 0 saturated carbocycles. The van der Waals surface area contributed by atoms with Gasteiger partial charge in [0, 0.05) is 23.8 Å². The molecule has 1 heterocycles. The van der Waals surface area contributed by atoms with Crippen LogP contribution in [-0.2, 0) is 7.05 Å². The number of benzene rings is 1. The monoisotopic (exact) mass is 339 g/mol. The van der Waals surface area contributed by atoms with E-state index in [9.17, 15) is 5.11 Å². The van der Waals surface area contributed by atoms with Crippen molar-refractivity contribution in [1.29, 1.82) is 0 Å². The third-order valence-electron chi connectivity index (χ3n) is 2.47. The number of pyridine rings is 1. The minimum atomic E-state index is 0. The van der Waals surface area contributed by atoms with Crippen LogP contribution in [0.25, 0.3) is 12.2 Å². The highest BCUT2D eigenvalue weighted by molar-refractivity contribution is 5.70. The fourth-order valence-corrected chi connectivity index (χ4v) is 1.51. The van der Waals surface area contributed by atoms with Crippen molar-refractivity contribution in [1.82, 2.24) is 0 Å². The van der Waals surface area contributed by atoms with E-state index in [1.165, 1.54) is 0 Å². The van der Waals surface area contributed by atoms with Gasteiger partial charge in [0.25, 0.3) is 0 Å². The lowest BCUT2D eigenvalue weighted by atomic mass is 10.1. The summed E-state index contributed by atoms with van der Waals surface area (Å²) in [5.74, 6) is 0.303. The summed E-state index contributed by atoms with van der Waals surface area (Å²) in [7, 11) is 1.99. The van der Waals surface area contributed by atoms with Gasteiger partial charge < -0.3 is 29.1 Å². The van der Waals surface area contributed by atoms with Gasteiger partial charge in [0.15, 0.2) is 6.20 Å². The third kappa shape index (κ3) is 3.56. The highest BCUT2D eigenvalue weighted by Gasteiger charge is 2.00. The highest BCUT2D eigenvalue weighted by atomic mass is 127. The van der Waals surface area contributed by atoms with Crippen LogP contribution in [0.4, 0.5) is 0 Å². The number of hydrogen-bond acceptors (Lipinski definition) is 1. The van der Waals surface area contributed by atoms with Crippen molar-refractivity contribution >= 4 is 12.2 Å². The van der Waals surface area contributed by atoms with Gasteiger partial charge in [-0.2, -0.15) is 0 Å². The quantitative estimate of drug-likeness (QED) is 0.573. The first-order chi connectivity index (χ1) is 7.77. The maximum Gasteiger partial charge on any atom is 0.204 e. The summed E-state index contributed by atoms with van der Waals surface area (Å²) in [5.41, 5.74) is 1.91. The molecule has 3 heteroatoms. The van der Waals surface area contributed by atoms with Crippen molar-refractivity contribution in [3.8, 4) is 5.75 Å². The zero-order valence-corrected chi connectivity index (χ0v) is 11.7. The van der Waals surface area contributed by atoms with Crippen molar-refractivity contribution in [2.75, 3.05) is 0 Å². The van der Waals surface area contributed by atoms with E-state index in [1.54, 1.807) is 6.07 Å². The Morgan fingerprint density at radius 1 is 1.00 bits per heavy atom. The van der Waals surface area contributed by atoms with Gasteiger partial charge in [-0.3, -0.25) is 0 Å². The second-order valence-electron chi connectivity index (χ2n) is 3.63. The van der Waals surface area contributed by atoms with Crippen LogP contribution in [0.1, 0.15) is 11.3 Å². The van der Waals surface area contributed by atoms with Crippen LogP contribution in [-0.4, -0.2) is 5.11 Å². The molecule has 1 N–H and O–H groups in total. The number of phenolic OH excluding ortho intramolecular Hbond substituents is 1. The number of hydrogen-bond donors (Lipinski definition) is 1. The first-order valence-electron chi connectivity index (χ1n) is 5.18. The molecule has 2 aromatic rings. The Morgan fingerprint density at radius 3 is 2.41 bits per heavy atom. The topological polar surface area (TPSA) is 24.1 Å². The normalized spacial score (nSPS) is 10.2. The molecule has 1 aromatic carbocycles. The van der Waals surface area contributed by atoms with E-state index >= 15 is 0 Å². The molecule has 1 aromatic heterocycles. The molecule has 0 saturated heterocycles. The SMILES string of the molecule is C[n+]1ccccc1C=Cc1ccccc1O.[I-]. The summed E-state index contributed by atoms with van der Waals surface area (Å²) >= 11 is 0. The van der Waals surface area contributed by atoms with Gasteiger partial charge in [-0.1, -0.05) is 18.2 Å². The molecule has 0 unspecified atom stereocenters. The predicted octanol–water partition coefficient (Wildman–Crippen LogP) is -0.609. The van der Waals surface area contributed by atoms with E-state index < -0.39 is 0 Å². The number of aryl methyl sites for hydroxylation is 1. The molecular formula is C14H14INO. The fraction of sp³-hybridized carbons (Fsp3) is 0.0714. The summed E-state index contributed by atoms with van der Waals surface area (Å²) in [4.78, 5) is 0. The Kier molecular flexibility index (Phi) is 5.15. The van der Waals surface area contributed by atoms with Gasteiger partial charge in [0.05, 0.1) is 0 Å². The van der Waals surface area contributed by atoms with E-state index in [4.69, 9.17) is 0 Å². The first kappa shape index (κ1) is 13.7. The molecule has 0 aliphatic heterocycles. The van der Waals surface area contributed by atoms with Crippen LogP contribution in [0.2, 0.25) is 0 Å². The van der Waals surface area contributed by atoms with E-state index in [1.807, 2.05) is 66.4 Å². The second kappa shape index (κ2) is 6.39. The lowest BCUT2D eigenvalue weighted by Gasteiger charge is -1.97. The summed E-state index contributed by atoms with van der Waals surface area (Å²) in [5, 5.41) is 9.60. The van der Waals surface area contributed by atoms with Crippen molar-refractivity contribution in [3.05, 3.63) is 59.9 Å². The van der Waals surface area contributed by atoms with E-state index in [0.717, 1.165) is 11.3 Å². The Labute approximate surface area is 118 Å². The van der Waals surface area contributed by atoms with Crippen LogP contribution in [0.15, 0.2) is 48.7 Å². The van der Waals surface area contributed by atoms with Gasteiger partial charge in [0.1, 0.15) is 12.8 Å². The highest BCUT2D eigenvalue weighted by Crippen LogP contribution is 2.17. The van der Waals surface area contributed by atoms with Crippen molar-refractivity contribution < 1.29 is 33.7 Å². The molecule has 17 heavy (non-hydrogen) atoms. The van der Waals surface area contributed by atoms with Crippen LogP contribution in [0.3, 0.4) is 0 Å². The second-order valence-corrected chi connectivity index (χ2v) is 3.63. The summed E-state index contributed by atoms with van der Waals surface area (Å²) in [6.45, 7) is 0. The molecule has 0 fully saturated rings. The molecule has 2 nitrogen and oxygen atoms in total. The van der Waals surface area contributed by atoms with Crippen molar-refractivity contribution in [2.24, 2.45) is 7.05 Å². The first-order valence-corrected chi connectivity index (χ1v) is 5.18. The van der Waals surface area contributed by atoms with Crippen molar-refractivity contribution in [2.45, 2.75) is 0 Å². The average molecular weight is 339 g/mol. The third-order valence-corrected chi connectivity index (χ3v) is 2.47. The van der Waals surface area contributed by atoms with E-state index in [2.05, 4.69) is 0 Å². The summed E-state index contributed by atoms with van der Waals surface area (Å²) < 4.78 is 2.02. The predicted molar refractivity (Wildman–Crippen MR) is 64.7 cm³/mol. The molecule has 0 amide bonds. The molecule has 0 bridgehead atoms. The number of phenols is 1. The van der Waals surface area contributed by atoms with Crippen LogP contribution < -0.4 is 28.5 Å². The van der Waals surface area contributed by atoms with E-state index in [-0.39, 0.29) is 24.0 Å². The zero-order chi connectivity index (χ0) is 11.4. The zero-order valence-electron chi connectivity index (χ0n) is 9.55. The van der Waals surface area contributed by atoms with Gasteiger partial charge in [-0.25, -0.2) is 4.57 Å². The molecule has 0 radical (unpaired) electrons. The molecule has 0 spiro atoms. The minimum Gasteiger partial charge on any atom is -1.00 e. The number of nitrogens with zero attached hydrogens (tertiary/aromatic N) is 1. The number of aromatic hydroxyl groups is 1. The Morgan fingerprint density at radius 2 is 1.71 bits per heavy atom. The minimum absolute atomic E-state index is 0. The summed E-state index contributed by atoms with van der Waals surface area (Å²) in [6, 6.07) is 13.3. The number of para-hydroxylation sites is 1. The number of aromatic nitrogens is 1. The largest absolute Gasteiger partial charge is 1.00 e. The maximum absolute atomic E-state index is 9.60. The van der Waals surface area contributed by atoms with Gasteiger partial charge >= 0.3 is 0 Å². The number of rotatable bonds is 2. The Balaban J connectivity index is 0.00000144. The smallest absolute Gasteiger partial charge is 0.204 e. The molecular weight excluding hydrogens is 325 g/mol. The maximum atomic E-state index is 9.60. The fourth-order valence-electron chi connectivity index (χ4n) is 1.51. The Hall–Kier alpha value is -1.36. The molecule has 0 atom stereocenters. The van der Waals surface area contributed by atoms with Gasteiger partial charge in [-0.15, -0.1) is 0 Å². The summed E-state index contributed by atoms with van der Waals surface area (Å²) in [6.07, 6.45) is 5.88. The lowest BCUT2D eigenvalue weighted by molar-refractivity contribution is -0.673. The standard InChI is InChI=1S/C14H13NO.HI/c1-15-11-5-4-7-13(15)10-9-12-6-2-3-8-14(12)16;/h2-11H,1H3;1H. The molecule has 88 valence electrons. The molecule has 0 aliphatic rings.